The van der Waals surface area contributed by atoms with E-state index in [1.807, 2.05) is 13.8 Å². The molecule has 3 amide bonds. The van der Waals surface area contributed by atoms with Crippen LogP contribution in [0.25, 0.3) is 0 Å². The van der Waals surface area contributed by atoms with E-state index in [9.17, 15) is 18.8 Å². The summed E-state index contributed by atoms with van der Waals surface area (Å²) in [5.74, 6) is -1.40. The number of anilines is 1. The molecule has 136 valence electrons. The van der Waals surface area contributed by atoms with E-state index in [1.165, 1.54) is 19.1 Å². The van der Waals surface area contributed by atoms with Crippen LogP contribution in [-0.2, 0) is 9.59 Å². The highest BCUT2D eigenvalue weighted by molar-refractivity contribution is 5.99. The molecule has 0 spiro atoms. The maximum atomic E-state index is 13.8. The molecule has 1 saturated heterocycles. The lowest BCUT2D eigenvalue weighted by Crippen LogP contribution is -2.47. The van der Waals surface area contributed by atoms with Crippen molar-refractivity contribution >= 4 is 23.4 Å². The van der Waals surface area contributed by atoms with E-state index in [4.69, 9.17) is 0 Å². The number of likely N-dealkylation sites (N-methyl/N-ethyl adjacent to an activating group) is 1. The Morgan fingerprint density at radius 3 is 2.56 bits per heavy atom. The van der Waals surface area contributed by atoms with Crippen LogP contribution in [-0.4, -0.2) is 53.2 Å². The number of likely N-dealkylation sites (tertiary alicyclic amines) is 1. The van der Waals surface area contributed by atoms with E-state index in [0.717, 1.165) is 12.5 Å². The van der Waals surface area contributed by atoms with Crippen LogP contribution < -0.4 is 5.32 Å². The quantitative estimate of drug-likeness (QED) is 0.886. The second-order valence-electron chi connectivity index (χ2n) is 6.04. The second kappa shape index (κ2) is 8.09. The van der Waals surface area contributed by atoms with Gasteiger partial charge in [-0.05, 0) is 44.9 Å². The third-order valence-electron chi connectivity index (χ3n) is 4.40. The molecule has 25 heavy (non-hydrogen) atoms. The molecule has 0 saturated carbocycles. The molecule has 1 aromatic carbocycles. The summed E-state index contributed by atoms with van der Waals surface area (Å²) in [4.78, 5) is 39.9. The van der Waals surface area contributed by atoms with Gasteiger partial charge in [-0.3, -0.25) is 14.4 Å². The summed E-state index contributed by atoms with van der Waals surface area (Å²) < 4.78 is 13.8. The number of rotatable bonds is 5. The first-order chi connectivity index (χ1) is 11.9. The Morgan fingerprint density at radius 2 is 1.96 bits per heavy atom. The van der Waals surface area contributed by atoms with E-state index < -0.39 is 17.8 Å². The van der Waals surface area contributed by atoms with Crippen LogP contribution in [0, 0.1) is 5.82 Å². The van der Waals surface area contributed by atoms with E-state index in [-0.39, 0.29) is 23.1 Å². The number of hydrogen-bond donors (Lipinski definition) is 1. The average Bonchev–Trinajstić information content (AvgIpc) is 3.06. The van der Waals surface area contributed by atoms with Crippen LogP contribution in [0.5, 0.6) is 0 Å². The van der Waals surface area contributed by atoms with Crippen molar-refractivity contribution in [3.63, 3.8) is 0 Å². The summed E-state index contributed by atoms with van der Waals surface area (Å²) in [5.41, 5.74) is 0.216. The Balaban J connectivity index is 2.24. The zero-order chi connectivity index (χ0) is 18.6. The number of nitrogens with one attached hydrogen (secondary N) is 1. The van der Waals surface area contributed by atoms with Crippen molar-refractivity contribution in [1.29, 1.82) is 0 Å². The van der Waals surface area contributed by atoms with Gasteiger partial charge >= 0.3 is 0 Å². The normalized spacial score (nSPS) is 16.6. The van der Waals surface area contributed by atoms with E-state index in [1.54, 1.807) is 9.80 Å². The number of halogens is 1. The van der Waals surface area contributed by atoms with Crippen LogP contribution in [0.15, 0.2) is 18.2 Å². The SMILES string of the molecule is CCN(CC)C(=O)C1CCCN1C(=O)c1ccc(F)c(NC(C)=O)c1. The van der Waals surface area contributed by atoms with Crippen LogP contribution in [0.1, 0.15) is 44.0 Å². The molecular formula is C18H24FN3O3. The van der Waals surface area contributed by atoms with Gasteiger partial charge in [0.15, 0.2) is 0 Å². The lowest BCUT2D eigenvalue weighted by molar-refractivity contribution is -0.134. The third-order valence-corrected chi connectivity index (χ3v) is 4.40. The monoisotopic (exact) mass is 349 g/mol. The summed E-state index contributed by atoms with van der Waals surface area (Å²) >= 11 is 0. The minimum atomic E-state index is -0.607. The van der Waals surface area contributed by atoms with Crippen molar-refractivity contribution in [2.75, 3.05) is 25.0 Å². The Bertz CT molecular complexity index is 674. The molecule has 1 atom stereocenters. The Kier molecular flexibility index (Phi) is 6.12. The first kappa shape index (κ1) is 18.9. The van der Waals surface area contributed by atoms with Crippen molar-refractivity contribution in [3.05, 3.63) is 29.6 Å². The minimum Gasteiger partial charge on any atom is -0.341 e. The fraction of sp³-hybridized carbons (Fsp3) is 0.500. The van der Waals surface area contributed by atoms with Crippen molar-refractivity contribution in [1.82, 2.24) is 9.80 Å². The summed E-state index contributed by atoms with van der Waals surface area (Å²) in [6.45, 7) is 6.76. The molecule has 1 aliphatic rings. The predicted octanol–water partition coefficient (Wildman–Crippen LogP) is 2.26. The van der Waals surface area contributed by atoms with Crippen LogP contribution >= 0.6 is 0 Å². The summed E-state index contributed by atoms with van der Waals surface area (Å²) in [7, 11) is 0. The molecule has 1 N–H and O–H groups in total. The van der Waals surface area contributed by atoms with Gasteiger partial charge < -0.3 is 15.1 Å². The number of carbonyl (C=O) groups excluding carboxylic acids is 3. The van der Waals surface area contributed by atoms with Crippen molar-refractivity contribution in [3.8, 4) is 0 Å². The molecule has 0 bridgehead atoms. The number of hydrogen-bond acceptors (Lipinski definition) is 3. The third kappa shape index (κ3) is 4.15. The summed E-state index contributed by atoms with van der Waals surface area (Å²) in [5, 5.41) is 2.37. The van der Waals surface area contributed by atoms with Gasteiger partial charge in [-0.1, -0.05) is 0 Å². The number of benzene rings is 1. The van der Waals surface area contributed by atoms with Crippen molar-refractivity contribution in [2.45, 2.75) is 39.7 Å². The van der Waals surface area contributed by atoms with Gasteiger partial charge in [0.25, 0.3) is 5.91 Å². The Labute approximate surface area is 147 Å². The predicted molar refractivity (Wildman–Crippen MR) is 92.7 cm³/mol. The molecule has 0 aliphatic carbocycles. The van der Waals surface area contributed by atoms with Gasteiger partial charge in [-0.2, -0.15) is 0 Å². The van der Waals surface area contributed by atoms with Gasteiger partial charge in [0.1, 0.15) is 11.9 Å². The first-order valence-electron chi connectivity index (χ1n) is 8.55. The molecule has 1 aromatic rings. The summed E-state index contributed by atoms with van der Waals surface area (Å²) in [6.07, 6.45) is 1.38. The number of nitrogens with zero attached hydrogens (tertiary/aromatic N) is 2. The van der Waals surface area contributed by atoms with Gasteiger partial charge in [0.05, 0.1) is 5.69 Å². The number of amides is 3. The fourth-order valence-corrected chi connectivity index (χ4v) is 3.12. The number of carbonyl (C=O) groups is 3. The van der Waals surface area contributed by atoms with Crippen LogP contribution in [0.3, 0.4) is 0 Å². The lowest BCUT2D eigenvalue weighted by Gasteiger charge is -2.29. The smallest absolute Gasteiger partial charge is 0.254 e. The van der Waals surface area contributed by atoms with Crippen molar-refractivity contribution < 1.29 is 18.8 Å². The molecule has 1 heterocycles. The Hall–Kier alpha value is -2.44. The van der Waals surface area contributed by atoms with Gasteiger partial charge in [-0.15, -0.1) is 0 Å². The highest BCUT2D eigenvalue weighted by Crippen LogP contribution is 2.24. The zero-order valence-corrected chi connectivity index (χ0v) is 14.8. The molecule has 1 aliphatic heterocycles. The Morgan fingerprint density at radius 1 is 1.28 bits per heavy atom. The second-order valence-corrected chi connectivity index (χ2v) is 6.04. The fourth-order valence-electron chi connectivity index (χ4n) is 3.12. The maximum Gasteiger partial charge on any atom is 0.254 e. The lowest BCUT2D eigenvalue weighted by atomic mass is 10.1. The van der Waals surface area contributed by atoms with E-state index >= 15 is 0 Å². The summed E-state index contributed by atoms with van der Waals surface area (Å²) in [6, 6.07) is 3.36. The van der Waals surface area contributed by atoms with E-state index in [0.29, 0.717) is 26.1 Å². The molecule has 0 aromatic heterocycles. The first-order valence-corrected chi connectivity index (χ1v) is 8.55. The molecule has 0 radical (unpaired) electrons. The zero-order valence-electron chi connectivity index (χ0n) is 14.8. The topological polar surface area (TPSA) is 69.7 Å². The standard InChI is InChI=1S/C18H24FN3O3/c1-4-21(5-2)18(25)16-7-6-10-22(16)17(24)13-8-9-14(19)15(11-13)20-12(3)23/h8-9,11,16H,4-7,10H2,1-3H3,(H,20,23). The molecule has 1 unspecified atom stereocenters. The molecule has 2 rings (SSSR count). The molecule has 7 heteroatoms. The van der Waals surface area contributed by atoms with Crippen LogP contribution in [0.2, 0.25) is 0 Å². The van der Waals surface area contributed by atoms with Crippen LogP contribution in [0.4, 0.5) is 10.1 Å². The highest BCUT2D eigenvalue weighted by atomic mass is 19.1. The average molecular weight is 349 g/mol. The minimum absolute atomic E-state index is 0.0378. The highest BCUT2D eigenvalue weighted by Gasteiger charge is 2.36. The molecule has 6 nitrogen and oxygen atoms in total. The van der Waals surface area contributed by atoms with Crippen molar-refractivity contribution in [2.24, 2.45) is 0 Å². The largest absolute Gasteiger partial charge is 0.341 e. The van der Waals surface area contributed by atoms with E-state index in [2.05, 4.69) is 5.32 Å². The van der Waals surface area contributed by atoms with Gasteiger partial charge in [0.2, 0.25) is 11.8 Å². The van der Waals surface area contributed by atoms with Gasteiger partial charge in [-0.25, -0.2) is 4.39 Å². The van der Waals surface area contributed by atoms with Gasteiger partial charge in [0, 0.05) is 32.1 Å². The maximum absolute atomic E-state index is 13.8. The molecular weight excluding hydrogens is 325 g/mol. The molecule has 1 fully saturated rings.